The summed E-state index contributed by atoms with van der Waals surface area (Å²) in [7, 11) is 0. The third-order valence-electron chi connectivity index (χ3n) is 5.04. The minimum Gasteiger partial charge on any atom is -0.481 e. The topological polar surface area (TPSA) is 53.1 Å². The van der Waals surface area contributed by atoms with E-state index in [1.54, 1.807) is 30.3 Å². The first kappa shape index (κ1) is 18.9. The molecule has 2 N–H and O–H groups in total. The highest BCUT2D eigenvalue weighted by molar-refractivity contribution is 5.91. The molecule has 0 atom stereocenters. The van der Waals surface area contributed by atoms with Gasteiger partial charge in [-0.2, -0.15) is 0 Å². The van der Waals surface area contributed by atoms with Gasteiger partial charge < -0.3 is 10.1 Å². The van der Waals surface area contributed by atoms with Gasteiger partial charge in [0, 0.05) is 16.6 Å². The molecule has 4 rings (SSSR count). The van der Waals surface area contributed by atoms with Crippen molar-refractivity contribution in [1.29, 1.82) is 0 Å². The number of aromatic amines is 1. The van der Waals surface area contributed by atoms with Crippen LogP contribution in [0, 0.1) is 11.6 Å². The lowest BCUT2D eigenvalue weighted by atomic mass is 9.97. The van der Waals surface area contributed by atoms with Gasteiger partial charge in [-0.1, -0.05) is 18.2 Å². The molecule has 0 aliphatic carbocycles. The Kier molecular flexibility index (Phi) is 5.12. The van der Waals surface area contributed by atoms with Crippen LogP contribution < -0.4 is 0 Å². The van der Waals surface area contributed by atoms with Gasteiger partial charge in [-0.15, -0.1) is 0 Å². The van der Waals surface area contributed by atoms with Crippen molar-refractivity contribution in [3.8, 4) is 11.3 Å². The Bertz CT molecular complexity index is 1160. The molecule has 0 aliphatic heterocycles. The van der Waals surface area contributed by atoms with Crippen LogP contribution in [0.25, 0.3) is 22.2 Å². The number of aromatic nitrogens is 1. The molecule has 5 heteroatoms. The molecule has 4 aromatic rings. The average molecular weight is 391 g/mol. The third-order valence-corrected chi connectivity index (χ3v) is 5.04. The van der Waals surface area contributed by atoms with Crippen molar-refractivity contribution in [2.75, 3.05) is 0 Å². The molecule has 0 radical (unpaired) electrons. The van der Waals surface area contributed by atoms with E-state index in [0.29, 0.717) is 12.8 Å². The van der Waals surface area contributed by atoms with Gasteiger partial charge in [0.1, 0.15) is 11.6 Å². The largest absolute Gasteiger partial charge is 0.481 e. The Balaban J connectivity index is 1.77. The number of nitrogens with one attached hydrogen (secondary N) is 1. The van der Waals surface area contributed by atoms with E-state index in [4.69, 9.17) is 5.11 Å². The minimum absolute atomic E-state index is 0.0512. The maximum atomic E-state index is 13.4. The van der Waals surface area contributed by atoms with Crippen LogP contribution in [-0.2, 0) is 24.1 Å². The second kappa shape index (κ2) is 7.87. The fraction of sp³-hybridized carbons (Fsp3) is 0.125. The molecular formula is C24H19F2NO2. The van der Waals surface area contributed by atoms with Gasteiger partial charge >= 0.3 is 5.97 Å². The Morgan fingerprint density at radius 1 is 0.828 bits per heavy atom. The standard InChI is InChI=1S/C24H19F2NO2/c25-18-7-1-15(2-8-18)3-11-20-21-13-16(14-23(28)29)4-12-22(21)27-24(20)17-5-9-19(26)10-6-17/h1-2,4-10,12-13,27H,3,11,14H2,(H,28,29). The number of aliphatic carboxylic acids is 1. The molecule has 0 aliphatic rings. The van der Waals surface area contributed by atoms with Gasteiger partial charge in [0.2, 0.25) is 0 Å². The second-order valence-corrected chi connectivity index (χ2v) is 7.06. The lowest BCUT2D eigenvalue weighted by Crippen LogP contribution is -1.99. The molecule has 1 aromatic heterocycles. The predicted octanol–water partition coefficient (Wildman–Crippen LogP) is 5.53. The molecule has 3 nitrogen and oxygen atoms in total. The molecule has 0 fully saturated rings. The van der Waals surface area contributed by atoms with Crippen molar-refractivity contribution in [1.82, 2.24) is 4.98 Å². The number of halogens is 2. The molecular weight excluding hydrogens is 372 g/mol. The zero-order chi connectivity index (χ0) is 20.4. The Morgan fingerprint density at radius 2 is 1.45 bits per heavy atom. The normalized spacial score (nSPS) is 11.1. The molecule has 0 saturated carbocycles. The van der Waals surface area contributed by atoms with Crippen molar-refractivity contribution in [3.05, 3.63) is 95.1 Å². The van der Waals surface area contributed by atoms with E-state index in [9.17, 15) is 13.6 Å². The molecule has 0 spiro atoms. The predicted molar refractivity (Wildman–Crippen MR) is 109 cm³/mol. The maximum absolute atomic E-state index is 13.4. The monoisotopic (exact) mass is 391 g/mol. The Morgan fingerprint density at radius 3 is 2.10 bits per heavy atom. The highest BCUT2D eigenvalue weighted by Crippen LogP contribution is 2.32. The number of aryl methyl sites for hydroxylation is 2. The molecule has 0 bridgehead atoms. The zero-order valence-corrected chi connectivity index (χ0v) is 15.6. The lowest BCUT2D eigenvalue weighted by molar-refractivity contribution is -0.136. The number of rotatable bonds is 6. The van der Waals surface area contributed by atoms with Crippen LogP contribution in [0.5, 0.6) is 0 Å². The van der Waals surface area contributed by atoms with Crippen molar-refractivity contribution < 1.29 is 18.7 Å². The Labute approximate surface area is 166 Å². The summed E-state index contributed by atoms with van der Waals surface area (Å²) < 4.78 is 26.6. The first-order chi connectivity index (χ1) is 14.0. The number of carboxylic acid groups (broad SMARTS) is 1. The molecule has 0 unspecified atom stereocenters. The summed E-state index contributed by atoms with van der Waals surface area (Å²) in [5, 5.41) is 10.1. The summed E-state index contributed by atoms with van der Waals surface area (Å²) in [6, 6.07) is 18.3. The molecule has 146 valence electrons. The van der Waals surface area contributed by atoms with Gasteiger partial charge in [-0.05, 0) is 83.6 Å². The summed E-state index contributed by atoms with van der Waals surface area (Å²) in [5.41, 5.74) is 5.40. The van der Waals surface area contributed by atoms with Crippen LogP contribution in [0.15, 0.2) is 66.7 Å². The fourth-order valence-corrected chi connectivity index (χ4v) is 3.62. The van der Waals surface area contributed by atoms with Crippen molar-refractivity contribution in [2.45, 2.75) is 19.3 Å². The van der Waals surface area contributed by atoms with Crippen LogP contribution in [0.2, 0.25) is 0 Å². The van der Waals surface area contributed by atoms with Crippen molar-refractivity contribution >= 4 is 16.9 Å². The average Bonchev–Trinajstić information content (AvgIpc) is 3.05. The van der Waals surface area contributed by atoms with Crippen molar-refractivity contribution in [3.63, 3.8) is 0 Å². The van der Waals surface area contributed by atoms with E-state index in [1.807, 2.05) is 12.1 Å². The minimum atomic E-state index is -0.883. The van der Waals surface area contributed by atoms with Gasteiger partial charge in [-0.25, -0.2) is 8.78 Å². The van der Waals surface area contributed by atoms with Crippen molar-refractivity contribution in [2.24, 2.45) is 0 Å². The van der Waals surface area contributed by atoms with E-state index < -0.39 is 5.97 Å². The molecule has 0 amide bonds. The number of carbonyl (C=O) groups is 1. The smallest absolute Gasteiger partial charge is 0.307 e. The number of benzene rings is 3. The quantitative estimate of drug-likeness (QED) is 0.454. The van der Waals surface area contributed by atoms with E-state index in [-0.39, 0.29) is 18.1 Å². The first-order valence-electron chi connectivity index (χ1n) is 9.35. The zero-order valence-electron chi connectivity index (χ0n) is 15.6. The third kappa shape index (κ3) is 4.19. The second-order valence-electron chi connectivity index (χ2n) is 7.06. The number of carboxylic acids is 1. The molecule has 29 heavy (non-hydrogen) atoms. The summed E-state index contributed by atoms with van der Waals surface area (Å²) in [6.45, 7) is 0. The van der Waals surface area contributed by atoms with E-state index in [0.717, 1.165) is 38.9 Å². The van der Waals surface area contributed by atoms with Gasteiger partial charge in [-0.3, -0.25) is 4.79 Å². The fourth-order valence-electron chi connectivity index (χ4n) is 3.62. The highest BCUT2D eigenvalue weighted by atomic mass is 19.1. The summed E-state index contributed by atoms with van der Waals surface area (Å²) in [6.07, 6.45) is 1.32. The van der Waals surface area contributed by atoms with Crippen LogP contribution in [-0.4, -0.2) is 16.1 Å². The van der Waals surface area contributed by atoms with Gasteiger partial charge in [0.15, 0.2) is 0 Å². The van der Waals surface area contributed by atoms with Crippen LogP contribution >= 0.6 is 0 Å². The van der Waals surface area contributed by atoms with E-state index >= 15 is 0 Å². The van der Waals surface area contributed by atoms with Crippen LogP contribution in [0.4, 0.5) is 8.78 Å². The number of fused-ring (bicyclic) bond motifs is 1. The first-order valence-corrected chi connectivity index (χ1v) is 9.35. The maximum Gasteiger partial charge on any atom is 0.307 e. The van der Waals surface area contributed by atoms with E-state index in [2.05, 4.69) is 4.98 Å². The molecule has 3 aromatic carbocycles. The van der Waals surface area contributed by atoms with Gasteiger partial charge in [0.25, 0.3) is 0 Å². The van der Waals surface area contributed by atoms with Crippen LogP contribution in [0.3, 0.4) is 0 Å². The molecule has 0 saturated heterocycles. The Hall–Kier alpha value is -3.47. The number of hydrogen-bond acceptors (Lipinski definition) is 1. The van der Waals surface area contributed by atoms with Crippen LogP contribution in [0.1, 0.15) is 16.7 Å². The summed E-state index contributed by atoms with van der Waals surface area (Å²) in [4.78, 5) is 14.5. The lowest BCUT2D eigenvalue weighted by Gasteiger charge is -2.07. The SMILES string of the molecule is O=C(O)Cc1ccc2[nH]c(-c3ccc(F)cc3)c(CCc3ccc(F)cc3)c2c1. The number of H-pyrrole nitrogens is 1. The highest BCUT2D eigenvalue weighted by Gasteiger charge is 2.15. The van der Waals surface area contributed by atoms with E-state index in [1.165, 1.54) is 24.3 Å². The molecule has 1 heterocycles. The number of hydrogen-bond donors (Lipinski definition) is 2. The summed E-state index contributed by atoms with van der Waals surface area (Å²) >= 11 is 0. The van der Waals surface area contributed by atoms with Gasteiger partial charge in [0.05, 0.1) is 6.42 Å². The summed E-state index contributed by atoms with van der Waals surface area (Å²) in [5.74, 6) is -1.46.